The van der Waals surface area contributed by atoms with Gasteiger partial charge in [-0.3, -0.25) is 4.79 Å². The Morgan fingerprint density at radius 1 is 1.08 bits per heavy atom. The zero-order valence-corrected chi connectivity index (χ0v) is 16.0. The van der Waals surface area contributed by atoms with Gasteiger partial charge >= 0.3 is 5.97 Å². The first-order valence-corrected chi connectivity index (χ1v) is 9.28. The number of carbonyl (C=O) groups is 2. The van der Waals surface area contributed by atoms with Crippen molar-refractivity contribution >= 4 is 23.5 Å². The number of benzene rings is 1. The molecule has 26 heavy (non-hydrogen) atoms. The van der Waals surface area contributed by atoms with E-state index in [1.165, 1.54) is 13.8 Å². The summed E-state index contributed by atoms with van der Waals surface area (Å²) in [5.74, 6) is 0.0198. The number of rotatable bonds is 13. The van der Waals surface area contributed by atoms with Crippen LogP contribution in [0.3, 0.4) is 0 Å². The number of esters is 1. The Kier molecular flexibility index (Phi) is 10.2. The van der Waals surface area contributed by atoms with Crippen LogP contribution < -0.4 is 0 Å². The van der Waals surface area contributed by atoms with Gasteiger partial charge in [0, 0.05) is 22.3 Å². The number of aliphatic hydroxyl groups is 1. The third kappa shape index (κ3) is 9.15. The molecule has 6 nitrogen and oxygen atoms in total. The van der Waals surface area contributed by atoms with Gasteiger partial charge in [0.25, 0.3) is 0 Å². The van der Waals surface area contributed by atoms with Crippen molar-refractivity contribution in [2.75, 3.05) is 38.8 Å². The van der Waals surface area contributed by atoms with Gasteiger partial charge in [0.2, 0.25) is 0 Å². The van der Waals surface area contributed by atoms with Crippen molar-refractivity contribution in [3.8, 4) is 0 Å². The Morgan fingerprint density at radius 3 is 2.23 bits per heavy atom. The van der Waals surface area contributed by atoms with Gasteiger partial charge in [-0.05, 0) is 26.0 Å². The predicted octanol–water partition coefficient (Wildman–Crippen LogP) is 2.49. The number of thioether (sulfide) groups is 1. The third-order valence-electron chi connectivity index (χ3n) is 3.18. The lowest BCUT2D eigenvalue weighted by Gasteiger charge is -2.15. The highest BCUT2D eigenvalue weighted by molar-refractivity contribution is 7.99. The molecule has 1 aromatic rings. The van der Waals surface area contributed by atoms with Gasteiger partial charge in [0.15, 0.2) is 5.78 Å². The van der Waals surface area contributed by atoms with E-state index < -0.39 is 11.6 Å². The van der Waals surface area contributed by atoms with E-state index in [-0.39, 0.29) is 12.4 Å². The van der Waals surface area contributed by atoms with E-state index in [1.54, 1.807) is 23.9 Å². The number of ether oxygens (including phenoxy) is 3. The molecule has 0 aliphatic rings. The van der Waals surface area contributed by atoms with Crippen LogP contribution in [-0.2, 0) is 19.0 Å². The summed E-state index contributed by atoms with van der Waals surface area (Å²) in [4.78, 5) is 23.7. The fourth-order valence-corrected chi connectivity index (χ4v) is 2.62. The van der Waals surface area contributed by atoms with E-state index in [2.05, 4.69) is 6.58 Å². The summed E-state index contributed by atoms with van der Waals surface area (Å²) in [6.45, 7) is 8.26. The van der Waals surface area contributed by atoms with Crippen LogP contribution in [-0.4, -0.2) is 61.2 Å². The molecule has 0 saturated heterocycles. The molecule has 0 aromatic heterocycles. The van der Waals surface area contributed by atoms with Crippen LogP contribution >= 0.6 is 11.8 Å². The van der Waals surface area contributed by atoms with Crippen molar-refractivity contribution in [1.29, 1.82) is 0 Å². The van der Waals surface area contributed by atoms with Crippen LogP contribution in [0.25, 0.3) is 0 Å². The molecular formula is C19H26O6S. The normalized spacial score (nSPS) is 11.2. The molecule has 1 rings (SSSR count). The van der Waals surface area contributed by atoms with E-state index in [4.69, 9.17) is 14.2 Å². The molecule has 0 fully saturated rings. The van der Waals surface area contributed by atoms with Crippen LogP contribution in [0, 0.1) is 0 Å². The minimum atomic E-state index is -1.36. The fourth-order valence-electron chi connectivity index (χ4n) is 1.86. The quantitative estimate of drug-likeness (QED) is 0.184. The van der Waals surface area contributed by atoms with E-state index in [1.807, 2.05) is 12.1 Å². The van der Waals surface area contributed by atoms with Crippen molar-refractivity contribution in [3.63, 3.8) is 0 Å². The molecule has 0 bridgehead atoms. The van der Waals surface area contributed by atoms with Gasteiger partial charge in [-0.15, -0.1) is 11.8 Å². The van der Waals surface area contributed by atoms with Crippen molar-refractivity contribution in [1.82, 2.24) is 0 Å². The van der Waals surface area contributed by atoms with Crippen molar-refractivity contribution < 1.29 is 28.9 Å². The summed E-state index contributed by atoms with van der Waals surface area (Å²) in [6.07, 6.45) is 1.11. The zero-order chi connectivity index (χ0) is 19.4. The second kappa shape index (κ2) is 11.9. The van der Waals surface area contributed by atoms with E-state index in [0.717, 1.165) is 16.7 Å². The molecule has 0 amide bonds. The molecule has 0 unspecified atom stereocenters. The number of carbonyl (C=O) groups excluding carboxylic acids is 2. The second-order valence-electron chi connectivity index (χ2n) is 5.86. The number of hydrogen-bond donors (Lipinski definition) is 1. The highest BCUT2D eigenvalue weighted by Crippen LogP contribution is 2.20. The Hall–Kier alpha value is -1.67. The molecule has 1 N–H and O–H groups in total. The summed E-state index contributed by atoms with van der Waals surface area (Å²) >= 11 is 1.62. The smallest absolute Gasteiger partial charge is 0.330 e. The fraction of sp³-hybridized carbons (Fsp3) is 0.474. The summed E-state index contributed by atoms with van der Waals surface area (Å²) < 4.78 is 15.5. The highest BCUT2D eigenvalue weighted by atomic mass is 32.2. The van der Waals surface area contributed by atoms with Gasteiger partial charge in [-0.25, -0.2) is 4.79 Å². The van der Waals surface area contributed by atoms with Crippen LogP contribution in [0.1, 0.15) is 24.2 Å². The summed E-state index contributed by atoms with van der Waals surface area (Å²) in [7, 11) is 0. The Morgan fingerprint density at radius 2 is 1.65 bits per heavy atom. The summed E-state index contributed by atoms with van der Waals surface area (Å²) in [5.41, 5.74) is -0.869. The van der Waals surface area contributed by atoms with Crippen molar-refractivity contribution in [2.24, 2.45) is 0 Å². The lowest BCUT2D eigenvalue weighted by molar-refractivity contribution is -0.139. The average molecular weight is 382 g/mol. The van der Waals surface area contributed by atoms with Crippen LogP contribution in [0.5, 0.6) is 0 Å². The standard InChI is InChI=1S/C19H26O6S/c1-4-17(20)25-12-11-23-9-10-24-13-14-26-16-7-5-15(6-8-16)18(21)19(2,3)22/h4-8,22H,1,9-14H2,2-3H3. The molecule has 0 aliphatic heterocycles. The molecule has 1 aromatic carbocycles. The van der Waals surface area contributed by atoms with Crippen molar-refractivity contribution in [3.05, 3.63) is 42.5 Å². The predicted molar refractivity (Wildman–Crippen MR) is 101 cm³/mol. The third-order valence-corrected chi connectivity index (χ3v) is 4.16. The average Bonchev–Trinajstić information content (AvgIpc) is 2.62. The lowest BCUT2D eigenvalue weighted by atomic mass is 9.97. The molecule has 0 radical (unpaired) electrons. The monoisotopic (exact) mass is 382 g/mol. The van der Waals surface area contributed by atoms with Crippen LogP contribution in [0.15, 0.2) is 41.8 Å². The van der Waals surface area contributed by atoms with Gasteiger partial charge in [0.1, 0.15) is 12.2 Å². The van der Waals surface area contributed by atoms with E-state index in [0.29, 0.717) is 32.0 Å². The van der Waals surface area contributed by atoms with Crippen molar-refractivity contribution in [2.45, 2.75) is 24.3 Å². The maximum Gasteiger partial charge on any atom is 0.330 e. The topological polar surface area (TPSA) is 82.1 Å². The minimum absolute atomic E-state index is 0.201. The zero-order valence-electron chi connectivity index (χ0n) is 15.2. The van der Waals surface area contributed by atoms with Crippen LogP contribution in [0.2, 0.25) is 0 Å². The highest BCUT2D eigenvalue weighted by Gasteiger charge is 2.24. The van der Waals surface area contributed by atoms with E-state index >= 15 is 0 Å². The molecule has 0 atom stereocenters. The maximum absolute atomic E-state index is 11.9. The minimum Gasteiger partial charge on any atom is -0.460 e. The molecular weight excluding hydrogens is 356 g/mol. The first-order chi connectivity index (χ1) is 12.3. The second-order valence-corrected chi connectivity index (χ2v) is 7.03. The molecule has 0 heterocycles. The van der Waals surface area contributed by atoms with Crippen LogP contribution in [0.4, 0.5) is 0 Å². The number of hydrogen-bond acceptors (Lipinski definition) is 7. The molecule has 0 saturated carbocycles. The Labute approximate surface area is 158 Å². The first kappa shape index (κ1) is 22.4. The van der Waals surface area contributed by atoms with Gasteiger partial charge < -0.3 is 19.3 Å². The maximum atomic E-state index is 11.9. The summed E-state index contributed by atoms with van der Waals surface area (Å²) in [5, 5.41) is 9.73. The Bertz CT molecular complexity index is 577. The SMILES string of the molecule is C=CC(=O)OCCOCCOCCSc1ccc(C(=O)C(C)(C)O)cc1. The number of Topliss-reactive ketones (excluding diaryl/α,β-unsaturated/α-hetero) is 1. The van der Waals surface area contributed by atoms with Gasteiger partial charge in [0.05, 0.1) is 26.4 Å². The van der Waals surface area contributed by atoms with E-state index in [9.17, 15) is 14.7 Å². The van der Waals surface area contributed by atoms with Gasteiger partial charge in [-0.1, -0.05) is 18.7 Å². The molecule has 0 spiro atoms. The number of ketones is 1. The molecule has 144 valence electrons. The van der Waals surface area contributed by atoms with Gasteiger partial charge in [-0.2, -0.15) is 0 Å². The lowest BCUT2D eigenvalue weighted by Crippen LogP contribution is -2.30. The molecule has 0 aliphatic carbocycles. The first-order valence-electron chi connectivity index (χ1n) is 8.29. The molecule has 7 heteroatoms. The largest absolute Gasteiger partial charge is 0.460 e. The Balaban J connectivity index is 2.09. The summed E-state index contributed by atoms with van der Waals surface area (Å²) in [6, 6.07) is 7.15.